The molecule has 0 bridgehead atoms. The van der Waals surface area contributed by atoms with E-state index in [1.807, 2.05) is 30.3 Å². The van der Waals surface area contributed by atoms with Crippen LogP contribution in [0.4, 0.5) is 8.78 Å². The van der Waals surface area contributed by atoms with E-state index in [4.69, 9.17) is 0 Å². The van der Waals surface area contributed by atoms with Crippen LogP contribution in [0.2, 0.25) is 0 Å². The maximum absolute atomic E-state index is 14.0. The second-order valence-corrected chi connectivity index (χ2v) is 7.65. The van der Waals surface area contributed by atoms with Crippen LogP contribution in [0.3, 0.4) is 0 Å². The van der Waals surface area contributed by atoms with Crippen LogP contribution in [-0.4, -0.2) is 18.7 Å². The number of hydrogen-bond donors (Lipinski definition) is 0. The van der Waals surface area contributed by atoms with E-state index in [2.05, 4.69) is 4.98 Å². The lowest BCUT2D eigenvalue weighted by Gasteiger charge is -2.13. The molecule has 0 spiro atoms. The first-order valence-electron chi connectivity index (χ1n) is 10.3. The highest BCUT2D eigenvalue weighted by molar-refractivity contribution is 5.72. The van der Waals surface area contributed by atoms with Gasteiger partial charge in [0.2, 0.25) is 0 Å². The number of halogens is 2. The lowest BCUT2D eigenvalue weighted by molar-refractivity contribution is 0.623. The first-order valence-corrected chi connectivity index (χ1v) is 10.3. The predicted octanol–water partition coefficient (Wildman–Crippen LogP) is 3.72. The molecule has 2 heterocycles. The van der Waals surface area contributed by atoms with Gasteiger partial charge in [0, 0.05) is 6.54 Å². The van der Waals surface area contributed by atoms with Gasteiger partial charge < -0.3 is 4.57 Å². The van der Waals surface area contributed by atoms with Gasteiger partial charge in [-0.15, -0.1) is 0 Å². The van der Waals surface area contributed by atoms with Crippen molar-refractivity contribution in [1.82, 2.24) is 18.7 Å². The van der Waals surface area contributed by atoms with Crippen LogP contribution in [0.15, 0.2) is 94.8 Å². The first kappa shape index (κ1) is 20.6. The van der Waals surface area contributed by atoms with E-state index in [9.17, 15) is 18.4 Å². The van der Waals surface area contributed by atoms with Gasteiger partial charge in [0.1, 0.15) is 11.6 Å². The third-order valence-electron chi connectivity index (χ3n) is 5.39. The minimum absolute atomic E-state index is 0.0366. The van der Waals surface area contributed by atoms with Crippen LogP contribution in [0.5, 0.6) is 0 Å². The molecule has 33 heavy (non-hydrogen) atoms. The molecular weight excluding hydrogens is 426 g/mol. The Hall–Kier alpha value is -4.33. The highest BCUT2D eigenvalue weighted by atomic mass is 19.1. The Morgan fingerprint density at radius 2 is 1.45 bits per heavy atom. The first-order chi connectivity index (χ1) is 16.0. The molecule has 0 saturated carbocycles. The summed E-state index contributed by atoms with van der Waals surface area (Å²) in [6, 6.07) is 20.7. The molecule has 0 amide bonds. The van der Waals surface area contributed by atoms with Gasteiger partial charge in [-0.2, -0.15) is 0 Å². The predicted molar refractivity (Wildman–Crippen MR) is 121 cm³/mol. The molecule has 0 atom stereocenters. The van der Waals surface area contributed by atoms with Crippen LogP contribution in [0.1, 0.15) is 11.1 Å². The number of aromatic nitrogens is 4. The highest BCUT2D eigenvalue weighted by Gasteiger charge is 2.20. The third kappa shape index (κ3) is 3.87. The maximum atomic E-state index is 14.0. The monoisotopic (exact) mass is 444 g/mol. The number of hydrogen-bond acceptors (Lipinski definition) is 3. The average molecular weight is 444 g/mol. The van der Waals surface area contributed by atoms with Gasteiger partial charge in [-0.25, -0.2) is 23.1 Å². The standard InChI is InChI=1S/C25H18F2N4O2/c26-19-9-4-8-18(12-19)14-29-16-28-23-22(29)24(32)30(15-17-6-2-1-3-7-17)25(33)31(23)21-11-5-10-20(27)13-21/h1-13,16H,14-15H2. The minimum Gasteiger partial charge on any atom is -0.320 e. The fourth-order valence-corrected chi connectivity index (χ4v) is 3.89. The number of benzene rings is 3. The van der Waals surface area contributed by atoms with Crippen molar-refractivity contribution >= 4 is 11.2 Å². The summed E-state index contributed by atoms with van der Waals surface area (Å²) in [5.41, 5.74) is 0.765. The zero-order chi connectivity index (χ0) is 22.9. The lowest BCUT2D eigenvalue weighted by Crippen LogP contribution is -2.40. The Bertz CT molecular complexity index is 1590. The Labute approximate surface area is 186 Å². The molecule has 0 saturated heterocycles. The van der Waals surface area contributed by atoms with E-state index in [1.165, 1.54) is 41.2 Å². The van der Waals surface area contributed by atoms with Gasteiger partial charge in [0.25, 0.3) is 5.56 Å². The summed E-state index contributed by atoms with van der Waals surface area (Å²) in [7, 11) is 0. The number of fused-ring (bicyclic) bond motifs is 1. The molecule has 6 nitrogen and oxygen atoms in total. The van der Waals surface area contributed by atoms with Crippen LogP contribution in [0, 0.1) is 11.6 Å². The number of imidazole rings is 1. The van der Waals surface area contributed by atoms with Gasteiger partial charge in [-0.3, -0.25) is 9.36 Å². The zero-order valence-electron chi connectivity index (χ0n) is 17.4. The van der Waals surface area contributed by atoms with Gasteiger partial charge in [-0.05, 0) is 41.5 Å². The van der Waals surface area contributed by atoms with Crippen LogP contribution >= 0.6 is 0 Å². The summed E-state index contributed by atoms with van der Waals surface area (Å²) in [6.45, 7) is 0.213. The molecule has 2 aromatic heterocycles. The molecular formula is C25H18F2N4O2. The van der Waals surface area contributed by atoms with Crippen LogP contribution in [0.25, 0.3) is 16.9 Å². The topological polar surface area (TPSA) is 61.8 Å². The third-order valence-corrected chi connectivity index (χ3v) is 5.39. The van der Waals surface area contributed by atoms with E-state index in [1.54, 1.807) is 22.8 Å². The van der Waals surface area contributed by atoms with Gasteiger partial charge in [-0.1, -0.05) is 48.5 Å². The smallest absolute Gasteiger partial charge is 0.320 e. The van der Waals surface area contributed by atoms with Crippen molar-refractivity contribution in [3.05, 3.63) is 129 Å². The second-order valence-electron chi connectivity index (χ2n) is 7.65. The number of nitrogens with zero attached hydrogens (tertiary/aromatic N) is 4. The van der Waals surface area contributed by atoms with Crippen molar-refractivity contribution < 1.29 is 8.78 Å². The van der Waals surface area contributed by atoms with Crippen molar-refractivity contribution in [3.8, 4) is 5.69 Å². The van der Waals surface area contributed by atoms with E-state index in [0.29, 0.717) is 5.56 Å². The van der Waals surface area contributed by atoms with E-state index >= 15 is 0 Å². The Balaban J connectivity index is 1.77. The van der Waals surface area contributed by atoms with E-state index < -0.39 is 22.9 Å². The molecule has 164 valence electrons. The van der Waals surface area contributed by atoms with Crippen molar-refractivity contribution in [2.75, 3.05) is 0 Å². The summed E-state index contributed by atoms with van der Waals surface area (Å²) in [4.78, 5) is 31.2. The Morgan fingerprint density at radius 1 is 0.758 bits per heavy atom. The molecule has 3 aromatic carbocycles. The molecule has 0 aliphatic carbocycles. The summed E-state index contributed by atoms with van der Waals surface area (Å²) in [5.74, 6) is -0.914. The molecule has 5 rings (SSSR count). The molecule has 0 unspecified atom stereocenters. The van der Waals surface area contributed by atoms with Crippen molar-refractivity contribution in [1.29, 1.82) is 0 Å². The van der Waals surface area contributed by atoms with Gasteiger partial charge >= 0.3 is 5.69 Å². The fraction of sp³-hybridized carbons (Fsp3) is 0.0800. The maximum Gasteiger partial charge on any atom is 0.337 e. The fourth-order valence-electron chi connectivity index (χ4n) is 3.89. The quantitative estimate of drug-likeness (QED) is 0.415. The summed E-state index contributed by atoms with van der Waals surface area (Å²) in [6.07, 6.45) is 1.43. The molecule has 0 fully saturated rings. The van der Waals surface area contributed by atoms with E-state index in [0.717, 1.165) is 10.1 Å². The number of rotatable bonds is 5. The van der Waals surface area contributed by atoms with E-state index in [-0.39, 0.29) is 29.9 Å². The van der Waals surface area contributed by atoms with Crippen LogP contribution < -0.4 is 11.2 Å². The summed E-state index contributed by atoms with van der Waals surface area (Å²) >= 11 is 0. The minimum atomic E-state index is -0.627. The highest BCUT2D eigenvalue weighted by Crippen LogP contribution is 2.16. The second kappa shape index (κ2) is 8.31. The molecule has 0 N–H and O–H groups in total. The summed E-state index contributed by atoms with van der Waals surface area (Å²) in [5, 5.41) is 0. The lowest BCUT2D eigenvalue weighted by atomic mass is 10.2. The molecule has 5 aromatic rings. The Morgan fingerprint density at radius 3 is 2.18 bits per heavy atom. The molecule has 0 aliphatic heterocycles. The van der Waals surface area contributed by atoms with Crippen molar-refractivity contribution in [2.24, 2.45) is 0 Å². The van der Waals surface area contributed by atoms with Gasteiger partial charge in [0.15, 0.2) is 11.2 Å². The summed E-state index contributed by atoms with van der Waals surface area (Å²) < 4.78 is 31.6. The molecule has 0 radical (unpaired) electrons. The van der Waals surface area contributed by atoms with Crippen molar-refractivity contribution in [2.45, 2.75) is 13.1 Å². The van der Waals surface area contributed by atoms with Crippen molar-refractivity contribution in [3.63, 3.8) is 0 Å². The average Bonchev–Trinajstić information content (AvgIpc) is 3.21. The molecule has 0 aliphatic rings. The SMILES string of the molecule is O=c1c2c(ncn2Cc2cccc(F)c2)n(-c2cccc(F)c2)c(=O)n1Cc1ccccc1. The Kier molecular flexibility index (Phi) is 5.18. The van der Waals surface area contributed by atoms with Crippen LogP contribution in [-0.2, 0) is 13.1 Å². The normalized spacial score (nSPS) is 11.2. The molecule has 8 heteroatoms. The van der Waals surface area contributed by atoms with Gasteiger partial charge in [0.05, 0.1) is 18.6 Å². The zero-order valence-corrected chi connectivity index (χ0v) is 17.4. The largest absolute Gasteiger partial charge is 0.337 e.